The van der Waals surface area contributed by atoms with Crippen molar-refractivity contribution in [3.63, 3.8) is 0 Å². The van der Waals surface area contributed by atoms with Gasteiger partial charge < -0.3 is 10.1 Å². The Morgan fingerprint density at radius 3 is 3.40 bits per heavy atom. The fourth-order valence-electron chi connectivity index (χ4n) is 1.55. The Bertz CT molecular complexity index is 96.3. The lowest BCUT2D eigenvalue weighted by Crippen LogP contribution is -2.46. The first-order chi connectivity index (χ1) is 4.97. The van der Waals surface area contributed by atoms with Gasteiger partial charge in [0.2, 0.25) is 0 Å². The molecular formula is C6H11BNO2. The summed E-state index contributed by atoms with van der Waals surface area (Å²) in [5, 5.41) is 3.38. The van der Waals surface area contributed by atoms with Crippen LogP contribution < -0.4 is 5.32 Å². The monoisotopic (exact) mass is 140 g/mol. The Morgan fingerprint density at radius 2 is 2.50 bits per heavy atom. The number of fused-ring (bicyclic) bond motifs is 1. The molecule has 2 aliphatic heterocycles. The lowest BCUT2D eigenvalue weighted by Gasteiger charge is -2.34. The highest BCUT2D eigenvalue weighted by Crippen LogP contribution is 2.24. The normalized spacial score (nSPS) is 40.0. The van der Waals surface area contributed by atoms with Crippen LogP contribution in [0.3, 0.4) is 0 Å². The second-order valence-electron chi connectivity index (χ2n) is 2.88. The summed E-state index contributed by atoms with van der Waals surface area (Å²) in [4.78, 5) is 9.59. The van der Waals surface area contributed by atoms with Crippen molar-refractivity contribution in [1.82, 2.24) is 5.32 Å². The van der Waals surface area contributed by atoms with Gasteiger partial charge in [-0.15, -0.1) is 0 Å². The molecule has 0 aromatic carbocycles. The Hall–Kier alpha value is -0.0551. The minimum atomic E-state index is 0.502. The highest BCUT2D eigenvalue weighted by Gasteiger charge is 2.30. The first-order valence-corrected chi connectivity index (χ1v) is 3.82. The number of nitrogens with one attached hydrogen (secondary N) is 1. The molecule has 2 atom stereocenters. The molecule has 0 aromatic rings. The maximum atomic E-state index is 4.82. The molecule has 1 N–H and O–H groups in total. The molecule has 2 aliphatic rings. The summed E-state index contributed by atoms with van der Waals surface area (Å²) in [6.07, 6.45) is 2.49. The van der Waals surface area contributed by atoms with Crippen molar-refractivity contribution in [2.75, 3.05) is 13.2 Å². The van der Waals surface area contributed by atoms with E-state index >= 15 is 0 Å². The van der Waals surface area contributed by atoms with Gasteiger partial charge in [0.25, 0.3) is 0 Å². The molecule has 0 spiro atoms. The van der Waals surface area contributed by atoms with E-state index in [4.69, 9.17) is 9.69 Å². The van der Waals surface area contributed by atoms with E-state index < -0.39 is 0 Å². The average Bonchev–Trinajstić information content (AvgIpc) is 2.05. The summed E-state index contributed by atoms with van der Waals surface area (Å²) in [6.45, 7) is 1.82. The van der Waals surface area contributed by atoms with E-state index in [0.717, 1.165) is 6.54 Å². The Balaban J connectivity index is 1.93. The molecule has 0 saturated carbocycles. The van der Waals surface area contributed by atoms with Crippen molar-refractivity contribution in [3.05, 3.63) is 0 Å². The van der Waals surface area contributed by atoms with E-state index in [-0.39, 0.29) is 0 Å². The Kier molecular flexibility index (Phi) is 1.93. The molecule has 2 rings (SSSR count). The molecule has 3 nitrogen and oxygen atoms in total. The van der Waals surface area contributed by atoms with Gasteiger partial charge in [-0.25, -0.2) is 0 Å². The summed E-state index contributed by atoms with van der Waals surface area (Å²) in [5.41, 5.74) is 0. The van der Waals surface area contributed by atoms with Crippen LogP contribution in [0.2, 0.25) is 5.82 Å². The molecule has 4 heteroatoms. The van der Waals surface area contributed by atoms with Gasteiger partial charge in [-0.3, -0.25) is 4.89 Å². The van der Waals surface area contributed by atoms with E-state index in [1.807, 2.05) is 0 Å². The summed E-state index contributed by atoms with van der Waals surface area (Å²) in [7, 11) is 1.81. The van der Waals surface area contributed by atoms with Gasteiger partial charge in [-0.2, -0.15) is 0 Å². The third kappa shape index (κ3) is 1.19. The lowest BCUT2D eigenvalue weighted by molar-refractivity contribution is -0.228. The maximum Gasteiger partial charge on any atom is 0.349 e. The summed E-state index contributed by atoms with van der Waals surface area (Å²) >= 11 is 0. The molecule has 0 aliphatic carbocycles. The number of hydrogen-bond acceptors (Lipinski definition) is 3. The zero-order valence-electron chi connectivity index (χ0n) is 5.88. The van der Waals surface area contributed by atoms with Crippen LogP contribution in [-0.4, -0.2) is 26.7 Å². The second kappa shape index (κ2) is 2.90. The molecule has 1 radical (unpaired) electrons. The highest BCUT2D eigenvalue weighted by atomic mass is 17.2. The van der Waals surface area contributed by atoms with E-state index in [2.05, 4.69) is 5.32 Å². The molecule has 55 valence electrons. The average molecular weight is 140 g/mol. The molecule has 2 heterocycles. The first-order valence-electron chi connectivity index (χ1n) is 3.82. The quantitative estimate of drug-likeness (QED) is 0.382. The van der Waals surface area contributed by atoms with Crippen molar-refractivity contribution in [3.8, 4) is 0 Å². The minimum Gasteiger partial charge on any atom is -0.312 e. The summed E-state index contributed by atoms with van der Waals surface area (Å²) < 4.78 is 0. The molecule has 2 saturated heterocycles. The van der Waals surface area contributed by atoms with Crippen LogP contribution in [0.5, 0.6) is 0 Å². The van der Waals surface area contributed by atoms with Crippen LogP contribution in [0, 0.1) is 0 Å². The summed E-state index contributed by atoms with van der Waals surface area (Å²) in [5.74, 6) is 0.572. The molecule has 0 aromatic heterocycles. The predicted octanol–water partition coefficient (Wildman–Crippen LogP) is 0.108. The van der Waals surface area contributed by atoms with Crippen molar-refractivity contribution in [1.29, 1.82) is 0 Å². The third-order valence-corrected chi connectivity index (χ3v) is 2.18. The summed E-state index contributed by atoms with van der Waals surface area (Å²) in [6, 6.07) is 0.502. The van der Waals surface area contributed by atoms with E-state index in [9.17, 15) is 0 Å². The topological polar surface area (TPSA) is 30.5 Å². The van der Waals surface area contributed by atoms with Crippen molar-refractivity contribution in [2.45, 2.75) is 24.7 Å². The van der Waals surface area contributed by atoms with Gasteiger partial charge in [0, 0.05) is 6.04 Å². The second-order valence-corrected chi connectivity index (χ2v) is 2.88. The van der Waals surface area contributed by atoms with Gasteiger partial charge in [0.1, 0.15) is 0 Å². The maximum absolute atomic E-state index is 4.82. The van der Waals surface area contributed by atoms with Crippen LogP contribution >= 0.6 is 0 Å². The lowest BCUT2D eigenvalue weighted by atomic mass is 9.70. The van der Waals surface area contributed by atoms with Crippen LogP contribution in [-0.2, 0) is 9.69 Å². The fraction of sp³-hybridized carbons (Fsp3) is 1.00. The van der Waals surface area contributed by atoms with Crippen LogP contribution in [0.1, 0.15) is 12.8 Å². The molecule has 0 amide bonds. The van der Waals surface area contributed by atoms with Crippen LogP contribution in [0.15, 0.2) is 0 Å². The molecule has 2 unspecified atom stereocenters. The van der Waals surface area contributed by atoms with Crippen LogP contribution in [0.4, 0.5) is 0 Å². The van der Waals surface area contributed by atoms with Crippen molar-refractivity contribution < 1.29 is 9.69 Å². The highest BCUT2D eigenvalue weighted by molar-refractivity contribution is 6.29. The number of hydrogen-bond donors (Lipinski definition) is 1. The van der Waals surface area contributed by atoms with Gasteiger partial charge in [0.15, 0.2) is 0 Å². The van der Waals surface area contributed by atoms with Crippen LogP contribution in [0.25, 0.3) is 0 Å². The van der Waals surface area contributed by atoms with E-state index in [1.54, 1.807) is 7.48 Å². The van der Waals surface area contributed by atoms with Gasteiger partial charge >= 0.3 is 7.48 Å². The Morgan fingerprint density at radius 1 is 1.50 bits per heavy atom. The number of rotatable bonds is 0. The van der Waals surface area contributed by atoms with Crippen molar-refractivity contribution >= 4 is 7.48 Å². The van der Waals surface area contributed by atoms with E-state index in [1.165, 1.54) is 12.8 Å². The Labute approximate surface area is 61.3 Å². The van der Waals surface area contributed by atoms with Crippen molar-refractivity contribution in [2.24, 2.45) is 0 Å². The molecule has 0 bridgehead atoms. The molecule has 2 fully saturated rings. The molecule has 10 heavy (non-hydrogen) atoms. The largest absolute Gasteiger partial charge is 0.349 e. The molecular weight excluding hydrogens is 129 g/mol. The van der Waals surface area contributed by atoms with Gasteiger partial charge in [-0.1, -0.05) is 6.42 Å². The zero-order valence-corrected chi connectivity index (χ0v) is 5.88. The van der Waals surface area contributed by atoms with Gasteiger partial charge in [-0.05, 0) is 18.8 Å². The smallest absolute Gasteiger partial charge is 0.312 e. The number of piperidine rings is 1. The van der Waals surface area contributed by atoms with Gasteiger partial charge in [0.05, 0.1) is 6.61 Å². The fourth-order valence-corrected chi connectivity index (χ4v) is 1.55. The predicted molar refractivity (Wildman–Crippen MR) is 37.6 cm³/mol. The minimum absolute atomic E-state index is 0.502. The zero-order chi connectivity index (χ0) is 6.81. The third-order valence-electron chi connectivity index (χ3n) is 2.18. The van der Waals surface area contributed by atoms with E-state index in [0.29, 0.717) is 18.5 Å². The first kappa shape index (κ1) is 6.64. The standard InChI is InChI=1S/C6H11BNO2/c1-2-5-6(8-3-1)4-9-10-7-5/h5-6,8H,1-4H2. The SMILES string of the molecule is [B]1OOCC2NCCCC12.